The molecule has 2 nitrogen and oxygen atoms in total. The first-order chi connectivity index (χ1) is 10.2. The molecule has 0 saturated carbocycles. The minimum absolute atomic E-state index is 0.0609. The highest BCUT2D eigenvalue weighted by atomic mass is 19.2. The zero-order valence-corrected chi connectivity index (χ0v) is 12.0. The van der Waals surface area contributed by atoms with Gasteiger partial charge in [0, 0.05) is 0 Å². The number of nitrogens with one attached hydrogen (secondary N) is 1. The molecule has 112 valence electrons. The molecule has 4 heteroatoms. The standard InChI is InChI=1S/C17H19F2NO/c1-2-11-20-15(13-7-4-3-5-8-13)12-21-16-10-6-9-14(18)17(16)19/h3-10,15,20H,2,11-12H2,1H3. The Balaban J connectivity index is 2.07. The predicted octanol–water partition coefficient (Wildman–Crippen LogP) is 4.08. The Kier molecular flexibility index (Phi) is 5.69. The molecule has 0 aromatic heterocycles. The zero-order chi connectivity index (χ0) is 15.1. The van der Waals surface area contributed by atoms with Crippen molar-refractivity contribution < 1.29 is 13.5 Å². The maximum atomic E-state index is 13.6. The molecular weight excluding hydrogens is 272 g/mol. The van der Waals surface area contributed by atoms with Gasteiger partial charge in [0.25, 0.3) is 0 Å². The Morgan fingerprint density at radius 1 is 1.05 bits per heavy atom. The fourth-order valence-corrected chi connectivity index (χ4v) is 2.05. The fraction of sp³-hybridized carbons (Fsp3) is 0.294. The smallest absolute Gasteiger partial charge is 0.200 e. The molecule has 0 radical (unpaired) electrons. The highest BCUT2D eigenvalue weighted by molar-refractivity contribution is 5.26. The summed E-state index contributed by atoms with van der Waals surface area (Å²) in [5.74, 6) is -1.90. The number of benzene rings is 2. The Labute approximate surface area is 123 Å². The molecule has 0 aliphatic carbocycles. The number of hydrogen-bond acceptors (Lipinski definition) is 2. The van der Waals surface area contributed by atoms with Crippen LogP contribution in [0.15, 0.2) is 48.5 Å². The molecule has 0 spiro atoms. The van der Waals surface area contributed by atoms with Crippen LogP contribution in [0.5, 0.6) is 5.75 Å². The second kappa shape index (κ2) is 7.74. The van der Waals surface area contributed by atoms with E-state index in [2.05, 4.69) is 12.2 Å². The predicted molar refractivity (Wildman–Crippen MR) is 79.3 cm³/mol. The first-order valence-electron chi connectivity index (χ1n) is 7.07. The number of rotatable bonds is 7. The Bertz CT molecular complexity index is 560. The molecule has 0 aliphatic heterocycles. The van der Waals surface area contributed by atoms with E-state index in [0.29, 0.717) is 0 Å². The van der Waals surface area contributed by atoms with Gasteiger partial charge in [0.05, 0.1) is 6.04 Å². The maximum Gasteiger partial charge on any atom is 0.200 e. The van der Waals surface area contributed by atoms with Crippen molar-refractivity contribution in [3.8, 4) is 5.75 Å². The normalized spacial score (nSPS) is 12.1. The van der Waals surface area contributed by atoms with Gasteiger partial charge in [-0.1, -0.05) is 43.3 Å². The van der Waals surface area contributed by atoms with Crippen LogP contribution >= 0.6 is 0 Å². The molecule has 1 unspecified atom stereocenters. The number of hydrogen-bond donors (Lipinski definition) is 1. The van der Waals surface area contributed by atoms with E-state index in [1.54, 1.807) is 0 Å². The van der Waals surface area contributed by atoms with Gasteiger partial charge in [-0.2, -0.15) is 4.39 Å². The van der Waals surface area contributed by atoms with E-state index in [0.717, 1.165) is 24.6 Å². The van der Waals surface area contributed by atoms with Crippen LogP contribution < -0.4 is 10.1 Å². The quantitative estimate of drug-likeness (QED) is 0.830. The van der Waals surface area contributed by atoms with Crippen LogP contribution in [0.1, 0.15) is 24.9 Å². The summed E-state index contributed by atoms with van der Waals surface area (Å²) in [6, 6.07) is 13.7. The highest BCUT2D eigenvalue weighted by Crippen LogP contribution is 2.21. The average Bonchev–Trinajstić information content (AvgIpc) is 2.52. The van der Waals surface area contributed by atoms with Crippen molar-refractivity contribution in [2.24, 2.45) is 0 Å². The number of ether oxygens (including phenoxy) is 1. The van der Waals surface area contributed by atoms with Gasteiger partial charge in [-0.3, -0.25) is 0 Å². The molecule has 0 saturated heterocycles. The van der Waals surface area contributed by atoms with Gasteiger partial charge in [-0.05, 0) is 30.7 Å². The minimum atomic E-state index is -0.945. The summed E-state index contributed by atoms with van der Waals surface area (Å²) in [6.45, 7) is 3.14. The van der Waals surface area contributed by atoms with E-state index < -0.39 is 11.6 Å². The van der Waals surface area contributed by atoms with Crippen molar-refractivity contribution >= 4 is 0 Å². The van der Waals surface area contributed by atoms with Crippen LogP contribution in [0.2, 0.25) is 0 Å². The lowest BCUT2D eigenvalue weighted by Crippen LogP contribution is -2.27. The van der Waals surface area contributed by atoms with Crippen molar-refractivity contribution in [3.05, 3.63) is 65.7 Å². The van der Waals surface area contributed by atoms with Gasteiger partial charge in [0.2, 0.25) is 5.82 Å². The molecule has 21 heavy (non-hydrogen) atoms. The van der Waals surface area contributed by atoms with E-state index in [1.165, 1.54) is 12.1 Å². The minimum Gasteiger partial charge on any atom is -0.488 e. The van der Waals surface area contributed by atoms with E-state index in [4.69, 9.17) is 4.74 Å². The lowest BCUT2D eigenvalue weighted by molar-refractivity contribution is 0.252. The van der Waals surface area contributed by atoms with Gasteiger partial charge in [0.1, 0.15) is 6.61 Å². The van der Waals surface area contributed by atoms with E-state index in [1.807, 2.05) is 30.3 Å². The van der Waals surface area contributed by atoms with E-state index in [-0.39, 0.29) is 18.4 Å². The lowest BCUT2D eigenvalue weighted by Gasteiger charge is -2.19. The zero-order valence-electron chi connectivity index (χ0n) is 12.0. The van der Waals surface area contributed by atoms with Crippen LogP contribution in [0.25, 0.3) is 0 Å². The summed E-state index contributed by atoms with van der Waals surface area (Å²) in [4.78, 5) is 0. The molecule has 2 aromatic carbocycles. The summed E-state index contributed by atoms with van der Waals surface area (Å²) >= 11 is 0. The molecule has 2 aromatic rings. The van der Waals surface area contributed by atoms with Crippen LogP contribution in [0.4, 0.5) is 8.78 Å². The molecule has 0 amide bonds. The number of halogens is 2. The second-order valence-electron chi connectivity index (χ2n) is 4.78. The van der Waals surface area contributed by atoms with Gasteiger partial charge in [-0.15, -0.1) is 0 Å². The summed E-state index contributed by atoms with van der Waals surface area (Å²) in [6.07, 6.45) is 0.984. The summed E-state index contributed by atoms with van der Waals surface area (Å²) < 4.78 is 32.2. The molecule has 1 atom stereocenters. The van der Waals surface area contributed by atoms with Crippen molar-refractivity contribution in [2.45, 2.75) is 19.4 Å². The third-order valence-electron chi connectivity index (χ3n) is 3.16. The maximum absolute atomic E-state index is 13.6. The molecule has 0 heterocycles. The summed E-state index contributed by atoms with van der Waals surface area (Å²) in [5, 5.41) is 3.35. The van der Waals surface area contributed by atoms with Crippen molar-refractivity contribution in [1.82, 2.24) is 5.32 Å². The van der Waals surface area contributed by atoms with Crippen LogP contribution in [0, 0.1) is 11.6 Å². The SMILES string of the molecule is CCCNC(COc1cccc(F)c1F)c1ccccc1. The molecule has 2 rings (SSSR count). The van der Waals surface area contributed by atoms with Gasteiger partial charge in [0.15, 0.2) is 11.6 Å². The highest BCUT2D eigenvalue weighted by Gasteiger charge is 2.14. The average molecular weight is 291 g/mol. The monoisotopic (exact) mass is 291 g/mol. The Morgan fingerprint density at radius 3 is 2.52 bits per heavy atom. The molecule has 0 bridgehead atoms. The largest absolute Gasteiger partial charge is 0.488 e. The third-order valence-corrected chi connectivity index (χ3v) is 3.16. The van der Waals surface area contributed by atoms with Gasteiger partial charge >= 0.3 is 0 Å². The third kappa shape index (κ3) is 4.26. The van der Waals surface area contributed by atoms with Crippen molar-refractivity contribution in [1.29, 1.82) is 0 Å². The fourth-order valence-electron chi connectivity index (χ4n) is 2.05. The van der Waals surface area contributed by atoms with E-state index in [9.17, 15) is 8.78 Å². The van der Waals surface area contributed by atoms with Crippen LogP contribution in [0.3, 0.4) is 0 Å². The van der Waals surface area contributed by atoms with Crippen LogP contribution in [-0.4, -0.2) is 13.2 Å². The molecule has 0 aliphatic rings. The molecular formula is C17H19F2NO. The summed E-state index contributed by atoms with van der Waals surface area (Å²) in [7, 11) is 0. The van der Waals surface area contributed by atoms with Crippen molar-refractivity contribution in [2.75, 3.05) is 13.2 Å². The van der Waals surface area contributed by atoms with Gasteiger partial charge in [-0.25, -0.2) is 4.39 Å². The van der Waals surface area contributed by atoms with E-state index >= 15 is 0 Å². The molecule has 0 fully saturated rings. The first kappa shape index (κ1) is 15.4. The van der Waals surface area contributed by atoms with Crippen LogP contribution in [-0.2, 0) is 0 Å². The second-order valence-corrected chi connectivity index (χ2v) is 4.78. The topological polar surface area (TPSA) is 21.3 Å². The first-order valence-corrected chi connectivity index (χ1v) is 7.07. The summed E-state index contributed by atoms with van der Waals surface area (Å²) in [5.41, 5.74) is 1.06. The van der Waals surface area contributed by atoms with Gasteiger partial charge < -0.3 is 10.1 Å². The molecule has 1 N–H and O–H groups in total. The van der Waals surface area contributed by atoms with Crippen molar-refractivity contribution in [3.63, 3.8) is 0 Å². The Morgan fingerprint density at radius 2 is 1.81 bits per heavy atom. The lowest BCUT2D eigenvalue weighted by atomic mass is 10.1. The Hall–Kier alpha value is -1.94.